The third-order valence-corrected chi connectivity index (χ3v) is 2.75. The van der Waals surface area contributed by atoms with E-state index in [0.29, 0.717) is 11.4 Å². The lowest BCUT2D eigenvalue weighted by Crippen LogP contribution is -2.37. The fourth-order valence-corrected chi connectivity index (χ4v) is 1.69. The number of aromatic hydroxyl groups is 1. The molecule has 0 aliphatic carbocycles. The Labute approximate surface area is 116 Å². The molecule has 0 heterocycles. The van der Waals surface area contributed by atoms with E-state index in [2.05, 4.69) is 5.32 Å². The van der Waals surface area contributed by atoms with Gasteiger partial charge in [-0.1, -0.05) is 24.3 Å². The molecule has 0 radical (unpaired) electrons. The van der Waals surface area contributed by atoms with Gasteiger partial charge in [-0.3, -0.25) is 9.59 Å². The second-order valence-corrected chi connectivity index (χ2v) is 4.20. The van der Waals surface area contributed by atoms with Crippen molar-refractivity contribution in [2.45, 2.75) is 0 Å². The summed E-state index contributed by atoms with van der Waals surface area (Å²) in [6.45, 7) is 0. The Balaban J connectivity index is 2.08. The number of anilines is 2. The number of amides is 2. The Kier molecular flexibility index (Phi) is 4.00. The molecule has 0 aliphatic heterocycles. The molecule has 0 aromatic heterocycles. The number of carbonyl (C=O) groups is 2. The van der Waals surface area contributed by atoms with E-state index in [4.69, 9.17) is 0 Å². The van der Waals surface area contributed by atoms with Gasteiger partial charge in [0.1, 0.15) is 5.75 Å². The number of likely N-dealkylation sites (N-methyl/N-ethyl adjacent to an activating group) is 1. The first-order valence-electron chi connectivity index (χ1n) is 6.01. The predicted octanol–water partition coefficient (Wildman–Crippen LogP) is 1.99. The van der Waals surface area contributed by atoms with Crippen LogP contribution >= 0.6 is 0 Å². The zero-order valence-corrected chi connectivity index (χ0v) is 10.9. The van der Waals surface area contributed by atoms with Crippen molar-refractivity contribution in [1.29, 1.82) is 0 Å². The Bertz CT molecular complexity index is 626. The highest BCUT2D eigenvalue weighted by molar-refractivity contribution is 6.44. The van der Waals surface area contributed by atoms with Crippen LogP contribution in [0.2, 0.25) is 0 Å². The van der Waals surface area contributed by atoms with Gasteiger partial charge in [-0.15, -0.1) is 0 Å². The summed E-state index contributed by atoms with van der Waals surface area (Å²) in [4.78, 5) is 25.1. The standard InChI is InChI=1S/C15H14N2O3/c1-17(12-7-3-2-4-8-12)15(20)14(19)16-11-6-5-9-13(18)10-11/h2-10,18H,1H3,(H,16,19). The number of phenols is 1. The van der Waals surface area contributed by atoms with Gasteiger partial charge in [0.05, 0.1) is 0 Å². The first kappa shape index (κ1) is 13.6. The number of nitrogens with one attached hydrogen (secondary N) is 1. The summed E-state index contributed by atoms with van der Waals surface area (Å²) in [7, 11) is 1.53. The average Bonchev–Trinajstić information content (AvgIpc) is 2.46. The van der Waals surface area contributed by atoms with Crippen LogP contribution in [-0.2, 0) is 9.59 Å². The lowest BCUT2D eigenvalue weighted by atomic mass is 10.3. The fourth-order valence-electron chi connectivity index (χ4n) is 1.69. The zero-order valence-electron chi connectivity index (χ0n) is 10.9. The van der Waals surface area contributed by atoms with Crippen LogP contribution in [0.4, 0.5) is 11.4 Å². The van der Waals surface area contributed by atoms with Crippen LogP contribution in [0.25, 0.3) is 0 Å². The van der Waals surface area contributed by atoms with Gasteiger partial charge in [0.25, 0.3) is 0 Å². The van der Waals surface area contributed by atoms with Crippen molar-refractivity contribution < 1.29 is 14.7 Å². The SMILES string of the molecule is CN(C(=O)C(=O)Nc1cccc(O)c1)c1ccccc1. The molecule has 0 spiro atoms. The molecule has 2 amide bonds. The molecule has 0 atom stereocenters. The number of rotatable bonds is 2. The average molecular weight is 270 g/mol. The molecule has 0 saturated carbocycles. The minimum Gasteiger partial charge on any atom is -0.508 e. The second kappa shape index (κ2) is 5.88. The van der Waals surface area contributed by atoms with Crippen molar-refractivity contribution in [3.8, 4) is 5.75 Å². The van der Waals surface area contributed by atoms with Gasteiger partial charge in [0, 0.05) is 24.5 Å². The largest absolute Gasteiger partial charge is 0.508 e. The molecule has 102 valence electrons. The van der Waals surface area contributed by atoms with Gasteiger partial charge in [-0.25, -0.2) is 0 Å². The molecule has 2 aromatic carbocycles. The molecule has 5 heteroatoms. The molecule has 0 bridgehead atoms. The summed E-state index contributed by atoms with van der Waals surface area (Å²) in [6, 6.07) is 14.9. The van der Waals surface area contributed by atoms with Crippen LogP contribution in [0.1, 0.15) is 0 Å². The quantitative estimate of drug-likeness (QED) is 0.820. The lowest BCUT2D eigenvalue weighted by molar-refractivity contribution is -0.134. The van der Waals surface area contributed by atoms with Crippen molar-refractivity contribution in [2.75, 3.05) is 17.3 Å². The number of hydrogen-bond donors (Lipinski definition) is 2. The van der Waals surface area contributed by atoms with Gasteiger partial charge in [0.15, 0.2) is 0 Å². The second-order valence-electron chi connectivity index (χ2n) is 4.20. The zero-order chi connectivity index (χ0) is 14.5. The van der Waals surface area contributed by atoms with Gasteiger partial charge in [0.2, 0.25) is 0 Å². The van der Waals surface area contributed by atoms with Gasteiger partial charge < -0.3 is 15.3 Å². The maximum Gasteiger partial charge on any atom is 0.316 e. The molecule has 2 rings (SSSR count). The van der Waals surface area contributed by atoms with E-state index >= 15 is 0 Å². The maximum absolute atomic E-state index is 12.0. The third-order valence-electron chi connectivity index (χ3n) is 2.75. The van der Waals surface area contributed by atoms with Crippen LogP contribution in [0.3, 0.4) is 0 Å². The van der Waals surface area contributed by atoms with Gasteiger partial charge in [-0.05, 0) is 24.3 Å². The minimum absolute atomic E-state index is 0.0201. The molecular weight excluding hydrogens is 256 g/mol. The molecule has 5 nitrogen and oxygen atoms in total. The predicted molar refractivity (Wildman–Crippen MR) is 76.6 cm³/mol. The van der Waals surface area contributed by atoms with Crippen molar-refractivity contribution in [3.63, 3.8) is 0 Å². The van der Waals surface area contributed by atoms with Crippen LogP contribution in [0.15, 0.2) is 54.6 Å². The van der Waals surface area contributed by atoms with E-state index in [1.165, 1.54) is 24.1 Å². The van der Waals surface area contributed by atoms with Crippen molar-refractivity contribution in [2.24, 2.45) is 0 Å². The van der Waals surface area contributed by atoms with Crippen LogP contribution in [0, 0.1) is 0 Å². The molecule has 0 unspecified atom stereocenters. The van der Waals surface area contributed by atoms with Gasteiger partial charge >= 0.3 is 11.8 Å². The highest BCUT2D eigenvalue weighted by atomic mass is 16.3. The summed E-state index contributed by atoms with van der Waals surface area (Å²) in [5.41, 5.74) is 0.994. The Morgan fingerprint density at radius 1 is 1.05 bits per heavy atom. The Morgan fingerprint density at radius 2 is 1.75 bits per heavy atom. The van der Waals surface area contributed by atoms with E-state index < -0.39 is 11.8 Å². The number of carbonyl (C=O) groups excluding carboxylic acids is 2. The number of hydrogen-bond acceptors (Lipinski definition) is 3. The van der Waals surface area contributed by atoms with E-state index in [1.807, 2.05) is 6.07 Å². The number of para-hydroxylation sites is 1. The van der Waals surface area contributed by atoms with E-state index in [0.717, 1.165) is 0 Å². The molecule has 2 N–H and O–H groups in total. The van der Waals surface area contributed by atoms with Crippen molar-refractivity contribution >= 4 is 23.2 Å². The summed E-state index contributed by atoms with van der Waals surface area (Å²) in [5, 5.41) is 11.7. The maximum atomic E-state index is 12.0. The summed E-state index contributed by atoms with van der Waals surface area (Å²) >= 11 is 0. The van der Waals surface area contributed by atoms with E-state index in [-0.39, 0.29) is 5.75 Å². The summed E-state index contributed by atoms with van der Waals surface area (Å²) < 4.78 is 0. The molecule has 2 aromatic rings. The Morgan fingerprint density at radius 3 is 2.40 bits per heavy atom. The molecule has 0 saturated heterocycles. The van der Waals surface area contributed by atoms with Crippen LogP contribution in [-0.4, -0.2) is 24.0 Å². The number of benzene rings is 2. The highest BCUT2D eigenvalue weighted by Gasteiger charge is 2.19. The van der Waals surface area contributed by atoms with E-state index in [1.54, 1.807) is 36.4 Å². The number of phenolic OH excluding ortho intramolecular Hbond substituents is 1. The highest BCUT2D eigenvalue weighted by Crippen LogP contribution is 2.16. The lowest BCUT2D eigenvalue weighted by Gasteiger charge is -2.16. The number of nitrogens with zero attached hydrogens (tertiary/aromatic N) is 1. The van der Waals surface area contributed by atoms with Crippen LogP contribution in [0.5, 0.6) is 5.75 Å². The minimum atomic E-state index is -0.762. The van der Waals surface area contributed by atoms with E-state index in [9.17, 15) is 14.7 Å². The van der Waals surface area contributed by atoms with Crippen molar-refractivity contribution in [3.05, 3.63) is 54.6 Å². The first-order chi connectivity index (χ1) is 9.58. The topological polar surface area (TPSA) is 69.6 Å². The molecular formula is C15H14N2O3. The normalized spacial score (nSPS) is 9.85. The van der Waals surface area contributed by atoms with Crippen LogP contribution < -0.4 is 10.2 Å². The smallest absolute Gasteiger partial charge is 0.316 e. The molecule has 0 fully saturated rings. The summed E-state index contributed by atoms with van der Waals surface area (Å²) in [6.07, 6.45) is 0. The fraction of sp³-hybridized carbons (Fsp3) is 0.0667. The monoisotopic (exact) mass is 270 g/mol. The third kappa shape index (κ3) is 3.14. The molecule has 20 heavy (non-hydrogen) atoms. The molecule has 0 aliphatic rings. The Hall–Kier alpha value is -2.82. The van der Waals surface area contributed by atoms with Gasteiger partial charge in [-0.2, -0.15) is 0 Å². The summed E-state index contributed by atoms with van der Waals surface area (Å²) in [5.74, 6) is -1.42. The first-order valence-corrected chi connectivity index (χ1v) is 6.01. The van der Waals surface area contributed by atoms with Crippen molar-refractivity contribution in [1.82, 2.24) is 0 Å².